The highest BCUT2D eigenvalue weighted by molar-refractivity contribution is 6.01. The molecule has 3 nitrogen and oxygen atoms in total. The van der Waals surface area contributed by atoms with Crippen LogP contribution in [-0.4, -0.2) is 16.3 Å². The fourth-order valence-electron chi connectivity index (χ4n) is 3.12. The maximum Gasteiger partial charge on any atom is 0.228 e. The van der Waals surface area contributed by atoms with Crippen molar-refractivity contribution in [2.45, 2.75) is 39.5 Å². The summed E-state index contributed by atoms with van der Waals surface area (Å²) in [6.07, 6.45) is 4.30. The molecule has 1 aliphatic rings. The highest BCUT2D eigenvalue weighted by atomic mass is 16.1. The van der Waals surface area contributed by atoms with Crippen LogP contribution in [0.3, 0.4) is 0 Å². The minimum atomic E-state index is 0.0360. The lowest BCUT2D eigenvalue weighted by Crippen LogP contribution is -2.13. The Bertz CT molecular complexity index is 694. The van der Waals surface area contributed by atoms with E-state index in [1.165, 1.54) is 12.0 Å². The SMILES string of the molecule is CC(=O)c1ccc2c3c(n(C(C)=O)c2c1)CCCC3. The molecule has 0 spiro atoms. The van der Waals surface area contributed by atoms with Crippen molar-refractivity contribution < 1.29 is 9.59 Å². The van der Waals surface area contributed by atoms with Crippen LogP contribution in [0.15, 0.2) is 18.2 Å². The summed E-state index contributed by atoms with van der Waals surface area (Å²) in [5, 5.41) is 1.13. The number of benzene rings is 1. The van der Waals surface area contributed by atoms with E-state index < -0.39 is 0 Å². The van der Waals surface area contributed by atoms with E-state index in [1.807, 2.05) is 18.2 Å². The Hall–Kier alpha value is -1.90. The number of Topliss-reactive ketones (excluding diaryl/α,β-unsaturated/α-hetero) is 1. The topological polar surface area (TPSA) is 39.1 Å². The Balaban J connectivity index is 2.37. The summed E-state index contributed by atoms with van der Waals surface area (Å²) < 4.78 is 1.80. The molecule has 1 aromatic heterocycles. The quantitative estimate of drug-likeness (QED) is 0.733. The number of hydrogen-bond donors (Lipinski definition) is 0. The zero-order valence-corrected chi connectivity index (χ0v) is 11.3. The Morgan fingerprint density at radius 3 is 2.53 bits per heavy atom. The predicted molar refractivity (Wildman–Crippen MR) is 74.9 cm³/mol. The van der Waals surface area contributed by atoms with Crippen LogP contribution < -0.4 is 0 Å². The number of carbonyl (C=O) groups is 2. The van der Waals surface area contributed by atoms with E-state index in [4.69, 9.17) is 0 Å². The summed E-state index contributed by atoms with van der Waals surface area (Å²) in [7, 11) is 0. The first-order valence-corrected chi connectivity index (χ1v) is 6.77. The molecule has 0 unspecified atom stereocenters. The zero-order chi connectivity index (χ0) is 13.6. The maximum atomic E-state index is 12.0. The second-order valence-corrected chi connectivity index (χ2v) is 5.27. The van der Waals surface area contributed by atoms with Gasteiger partial charge in [0.25, 0.3) is 0 Å². The number of aryl methyl sites for hydroxylation is 1. The van der Waals surface area contributed by atoms with Crippen molar-refractivity contribution in [2.75, 3.05) is 0 Å². The number of carbonyl (C=O) groups excluding carboxylic acids is 2. The van der Waals surface area contributed by atoms with Gasteiger partial charge in [0.2, 0.25) is 5.91 Å². The molecule has 0 N–H and O–H groups in total. The molecule has 0 aliphatic heterocycles. The number of aromatic nitrogens is 1. The van der Waals surface area contributed by atoms with Crippen LogP contribution in [0.2, 0.25) is 0 Å². The fraction of sp³-hybridized carbons (Fsp3) is 0.375. The van der Waals surface area contributed by atoms with Crippen LogP contribution in [0, 0.1) is 0 Å². The average Bonchev–Trinajstić information content (AvgIpc) is 2.72. The van der Waals surface area contributed by atoms with E-state index in [9.17, 15) is 9.59 Å². The monoisotopic (exact) mass is 255 g/mol. The van der Waals surface area contributed by atoms with Crippen molar-refractivity contribution in [1.82, 2.24) is 4.57 Å². The van der Waals surface area contributed by atoms with E-state index >= 15 is 0 Å². The third kappa shape index (κ3) is 1.81. The summed E-state index contributed by atoms with van der Waals surface area (Å²) in [5.74, 6) is 0.0741. The molecule has 0 radical (unpaired) electrons. The molecule has 3 heteroatoms. The zero-order valence-electron chi connectivity index (χ0n) is 11.3. The lowest BCUT2D eigenvalue weighted by Gasteiger charge is -2.13. The third-order valence-corrected chi connectivity index (χ3v) is 3.99. The van der Waals surface area contributed by atoms with Crippen molar-refractivity contribution in [3.05, 3.63) is 35.0 Å². The van der Waals surface area contributed by atoms with E-state index in [-0.39, 0.29) is 11.7 Å². The van der Waals surface area contributed by atoms with Crippen LogP contribution in [0.4, 0.5) is 0 Å². The van der Waals surface area contributed by atoms with Crippen molar-refractivity contribution in [3.63, 3.8) is 0 Å². The molecule has 1 aliphatic carbocycles. The van der Waals surface area contributed by atoms with Gasteiger partial charge in [0.15, 0.2) is 5.78 Å². The van der Waals surface area contributed by atoms with Gasteiger partial charge in [-0.3, -0.25) is 14.2 Å². The molecule has 0 fully saturated rings. The smallest absolute Gasteiger partial charge is 0.228 e. The van der Waals surface area contributed by atoms with Crippen LogP contribution in [0.1, 0.15) is 53.1 Å². The minimum Gasteiger partial charge on any atom is -0.295 e. The molecule has 0 saturated heterocycles. The molecule has 0 bridgehead atoms. The summed E-state index contributed by atoms with van der Waals surface area (Å²) in [4.78, 5) is 23.5. The summed E-state index contributed by atoms with van der Waals surface area (Å²) in [5.41, 5.74) is 4.01. The summed E-state index contributed by atoms with van der Waals surface area (Å²) >= 11 is 0. The fourth-order valence-corrected chi connectivity index (χ4v) is 3.12. The number of fused-ring (bicyclic) bond motifs is 3. The second kappa shape index (κ2) is 4.34. The average molecular weight is 255 g/mol. The Morgan fingerprint density at radius 1 is 1.11 bits per heavy atom. The van der Waals surface area contributed by atoms with E-state index in [2.05, 4.69) is 0 Å². The molecule has 0 amide bonds. The molecule has 3 rings (SSSR count). The van der Waals surface area contributed by atoms with Gasteiger partial charge in [-0.1, -0.05) is 12.1 Å². The Morgan fingerprint density at radius 2 is 1.84 bits per heavy atom. The Labute approximate surface area is 112 Å². The first-order chi connectivity index (χ1) is 9.09. The van der Waals surface area contributed by atoms with Gasteiger partial charge in [-0.2, -0.15) is 0 Å². The largest absolute Gasteiger partial charge is 0.295 e. The van der Waals surface area contributed by atoms with Gasteiger partial charge in [-0.25, -0.2) is 0 Å². The molecular weight excluding hydrogens is 238 g/mol. The van der Waals surface area contributed by atoms with Crippen LogP contribution >= 0.6 is 0 Å². The minimum absolute atomic E-state index is 0.0360. The van der Waals surface area contributed by atoms with Gasteiger partial charge in [0, 0.05) is 23.6 Å². The van der Waals surface area contributed by atoms with E-state index in [0.717, 1.165) is 35.9 Å². The van der Waals surface area contributed by atoms with Crippen molar-refractivity contribution in [3.8, 4) is 0 Å². The van der Waals surface area contributed by atoms with Gasteiger partial charge in [-0.05, 0) is 44.2 Å². The molecule has 98 valence electrons. The van der Waals surface area contributed by atoms with E-state index in [0.29, 0.717) is 5.56 Å². The Kier molecular flexibility index (Phi) is 2.77. The standard InChI is InChI=1S/C16H17NO2/c1-10(18)12-7-8-14-13-5-3-4-6-15(13)17(11(2)19)16(14)9-12/h7-9H,3-6H2,1-2H3. The van der Waals surface area contributed by atoms with Crippen LogP contribution in [0.25, 0.3) is 10.9 Å². The molecule has 0 saturated carbocycles. The van der Waals surface area contributed by atoms with Crippen molar-refractivity contribution in [1.29, 1.82) is 0 Å². The maximum absolute atomic E-state index is 12.0. The molecule has 1 aromatic carbocycles. The van der Waals surface area contributed by atoms with Gasteiger partial charge in [0.1, 0.15) is 0 Å². The number of hydrogen-bond acceptors (Lipinski definition) is 2. The van der Waals surface area contributed by atoms with Crippen molar-refractivity contribution >= 4 is 22.6 Å². The van der Waals surface area contributed by atoms with Crippen LogP contribution in [0.5, 0.6) is 0 Å². The highest BCUT2D eigenvalue weighted by Crippen LogP contribution is 2.32. The van der Waals surface area contributed by atoms with Gasteiger partial charge < -0.3 is 0 Å². The van der Waals surface area contributed by atoms with Crippen LogP contribution in [-0.2, 0) is 12.8 Å². The predicted octanol–water partition coefficient (Wildman–Crippen LogP) is 3.38. The molecular formula is C16H17NO2. The number of rotatable bonds is 1. The normalized spacial score (nSPS) is 14.4. The number of nitrogens with zero attached hydrogens (tertiary/aromatic N) is 1. The molecule has 1 heterocycles. The second-order valence-electron chi connectivity index (χ2n) is 5.27. The van der Waals surface area contributed by atoms with Gasteiger partial charge in [0.05, 0.1) is 5.52 Å². The van der Waals surface area contributed by atoms with Crippen molar-refractivity contribution in [2.24, 2.45) is 0 Å². The molecule has 2 aromatic rings. The first-order valence-electron chi connectivity index (χ1n) is 6.77. The molecule has 19 heavy (non-hydrogen) atoms. The molecule has 0 atom stereocenters. The first kappa shape index (κ1) is 12.2. The summed E-state index contributed by atoms with van der Waals surface area (Å²) in [6, 6.07) is 5.72. The highest BCUT2D eigenvalue weighted by Gasteiger charge is 2.22. The van der Waals surface area contributed by atoms with E-state index in [1.54, 1.807) is 18.4 Å². The number of ketones is 1. The van der Waals surface area contributed by atoms with Gasteiger partial charge in [-0.15, -0.1) is 0 Å². The third-order valence-electron chi connectivity index (χ3n) is 3.99. The summed E-state index contributed by atoms with van der Waals surface area (Å²) in [6.45, 7) is 3.15. The van der Waals surface area contributed by atoms with Gasteiger partial charge >= 0.3 is 0 Å². The lowest BCUT2D eigenvalue weighted by molar-refractivity contribution is 0.0936. The lowest BCUT2D eigenvalue weighted by atomic mass is 9.95.